The number of aromatic nitrogens is 1. The minimum Gasteiger partial charge on any atom is -0.385 e. The zero-order valence-electron chi connectivity index (χ0n) is 18.0. The van der Waals surface area contributed by atoms with Gasteiger partial charge in [-0.2, -0.15) is 0 Å². The number of methoxy groups -OCH3 is 1. The van der Waals surface area contributed by atoms with Crippen LogP contribution in [0.25, 0.3) is 11.1 Å². The molecule has 0 radical (unpaired) electrons. The predicted octanol–water partition coefficient (Wildman–Crippen LogP) is 4.07. The maximum Gasteiger partial charge on any atom is 0.232 e. The molecular formula is C23H28Cl2N4O3. The third kappa shape index (κ3) is 5.53. The van der Waals surface area contributed by atoms with E-state index in [1.54, 1.807) is 13.2 Å². The molecule has 4 rings (SSSR count). The van der Waals surface area contributed by atoms with Gasteiger partial charge < -0.3 is 25.4 Å². The first-order valence-electron chi connectivity index (χ1n) is 10.9. The van der Waals surface area contributed by atoms with Crippen LogP contribution in [0.1, 0.15) is 12.8 Å². The van der Waals surface area contributed by atoms with Gasteiger partial charge in [0.05, 0.1) is 17.0 Å². The number of hydrogen-bond donors (Lipinski definition) is 3. The summed E-state index contributed by atoms with van der Waals surface area (Å²) in [5.41, 5.74) is 2.46. The molecule has 3 heterocycles. The summed E-state index contributed by atoms with van der Waals surface area (Å²) in [6.07, 6.45) is 3.50. The SMILES string of the molecule is COC1CNCC1C(=O)Nc1cc(-c2cc(NCC3CCOCC3)ccc2Cl)c(Cl)cn1. The zero-order chi connectivity index (χ0) is 22.5. The largest absolute Gasteiger partial charge is 0.385 e. The van der Waals surface area contributed by atoms with Crippen molar-refractivity contribution < 1.29 is 14.3 Å². The van der Waals surface area contributed by atoms with Gasteiger partial charge in [-0.1, -0.05) is 23.2 Å². The van der Waals surface area contributed by atoms with Crippen LogP contribution < -0.4 is 16.0 Å². The van der Waals surface area contributed by atoms with Crippen molar-refractivity contribution >= 4 is 40.6 Å². The Balaban J connectivity index is 1.50. The standard InChI is InChI=1S/C23H28Cl2N4O3/c1-31-21-13-26-11-18(21)23(30)29-22-9-17(20(25)12-28-22)16-8-15(2-3-19(16)24)27-10-14-4-6-32-7-5-14/h2-3,8-9,12,14,18,21,26-27H,4-7,10-11,13H2,1H3,(H,28,29,30). The molecule has 2 unspecified atom stereocenters. The molecule has 0 saturated carbocycles. The topological polar surface area (TPSA) is 84.5 Å². The van der Waals surface area contributed by atoms with Gasteiger partial charge in [-0.25, -0.2) is 4.98 Å². The molecule has 0 bridgehead atoms. The van der Waals surface area contributed by atoms with Crippen molar-refractivity contribution in [1.82, 2.24) is 10.3 Å². The van der Waals surface area contributed by atoms with Crippen molar-refractivity contribution in [1.29, 1.82) is 0 Å². The van der Waals surface area contributed by atoms with Gasteiger partial charge in [-0.15, -0.1) is 0 Å². The van der Waals surface area contributed by atoms with Crippen LogP contribution in [-0.2, 0) is 14.3 Å². The van der Waals surface area contributed by atoms with E-state index in [0.717, 1.165) is 43.9 Å². The molecule has 0 spiro atoms. The number of rotatable bonds is 7. The van der Waals surface area contributed by atoms with Crippen LogP contribution in [0.15, 0.2) is 30.5 Å². The Morgan fingerprint density at radius 1 is 1.19 bits per heavy atom. The first-order chi connectivity index (χ1) is 15.5. The number of carbonyl (C=O) groups is 1. The molecule has 3 N–H and O–H groups in total. The molecule has 32 heavy (non-hydrogen) atoms. The number of halogens is 2. The van der Waals surface area contributed by atoms with Crippen LogP contribution >= 0.6 is 23.2 Å². The zero-order valence-corrected chi connectivity index (χ0v) is 19.5. The first kappa shape index (κ1) is 23.3. The summed E-state index contributed by atoms with van der Waals surface area (Å²) < 4.78 is 10.8. The Morgan fingerprint density at radius 2 is 1.97 bits per heavy atom. The quantitative estimate of drug-likeness (QED) is 0.556. The average molecular weight is 479 g/mol. The number of pyridine rings is 1. The van der Waals surface area contributed by atoms with Gasteiger partial charge in [0.15, 0.2) is 0 Å². The van der Waals surface area contributed by atoms with Crippen LogP contribution in [0.5, 0.6) is 0 Å². The third-order valence-corrected chi connectivity index (χ3v) is 6.73. The molecule has 2 atom stereocenters. The Morgan fingerprint density at radius 3 is 2.75 bits per heavy atom. The molecule has 2 saturated heterocycles. The minimum atomic E-state index is -0.276. The number of ether oxygens (including phenoxy) is 2. The predicted molar refractivity (Wildman–Crippen MR) is 128 cm³/mol. The number of anilines is 2. The van der Waals surface area contributed by atoms with Crippen molar-refractivity contribution in [2.75, 3.05) is 50.6 Å². The Labute approximate surface area is 198 Å². The van der Waals surface area contributed by atoms with E-state index in [1.807, 2.05) is 18.2 Å². The van der Waals surface area contributed by atoms with Crippen molar-refractivity contribution in [2.24, 2.45) is 11.8 Å². The Bertz CT molecular complexity index is 953. The summed E-state index contributed by atoms with van der Waals surface area (Å²) >= 11 is 13.0. The summed E-state index contributed by atoms with van der Waals surface area (Å²) in [5, 5.41) is 10.6. The number of nitrogens with one attached hydrogen (secondary N) is 3. The number of benzene rings is 1. The molecule has 172 valence electrons. The summed E-state index contributed by atoms with van der Waals surface area (Å²) in [6, 6.07) is 7.55. The van der Waals surface area contributed by atoms with E-state index < -0.39 is 0 Å². The van der Waals surface area contributed by atoms with Crippen molar-refractivity contribution in [3.05, 3.63) is 40.5 Å². The summed E-state index contributed by atoms with van der Waals surface area (Å²) in [7, 11) is 1.61. The lowest BCUT2D eigenvalue weighted by atomic mass is 10.00. The van der Waals surface area contributed by atoms with Gasteiger partial charge in [0.2, 0.25) is 5.91 Å². The fourth-order valence-electron chi connectivity index (χ4n) is 4.15. The smallest absolute Gasteiger partial charge is 0.232 e. The van der Waals surface area contributed by atoms with Crippen molar-refractivity contribution in [3.63, 3.8) is 0 Å². The van der Waals surface area contributed by atoms with Crippen molar-refractivity contribution in [2.45, 2.75) is 18.9 Å². The van der Waals surface area contributed by atoms with E-state index in [2.05, 4.69) is 20.9 Å². The van der Waals surface area contributed by atoms with Gasteiger partial charge in [0.25, 0.3) is 0 Å². The lowest BCUT2D eigenvalue weighted by molar-refractivity contribution is -0.122. The highest BCUT2D eigenvalue weighted by atomic mass is 35.5. The van der Waals surface area contributed by atoms with E-state index in [-0.39, 0.29) is 17.9 Å². The molecule has 7 nitrogen and oxygen atoms in total. The maximum atomic E-state index is 12.7. The molecule has 2 aromatic rings. The molecule has 2 aliphatic rings. The molecule has 1 aromatic heterocycles. The Kier molecular flexibility index (Phi) is 7.86. The summed E-state index contributed by atoms with van der Waals surface area (Å²) in [4.78, 5) is 17.0. The molecule has 9 heteroatoms. The summed E-state index contributed by atoms with van der Waals surface area (Å²) in [5.74, 6) is 0.603. The third-order valence-electron chi connectivity index (χ3n) is 6.10. The fourth-order valence-corrected chi connectivity index (χ4v) is 4.58. The Hall–Kier alpha value is -1.90. The van der Waals surface area contributed by atoms with Gasteiger partial charge in [-0.3, -0.25) is 4.79 Å². The van der Waals surface area contributed by atoms with E-state index in [9.17, 15) is 4.79 Å². The number of carbonyl (C=O) groups excluding carboxylic acids is 1. The first-order valence-corrected chi connectivity index (χ1v) is 11.6. The van der Waals surface area contributed by atoms with Crippen LogP contribution in [0.2, 0.25) is 10.0 Å². The highest BCUT2D eigenvalue weighted by molar-refractivity contribution is 6.36. The van der Waals surface area contributed by atoms with Crippen molar-refractivity contribution in [3.8, 4) is 11.1 Å². The highest BCUT2D eigenvalue weighted by Crippen LogP contribution is 2.36. The normalized spacial score (nSPS) is 21.5. The second-order valence-corrected chi connectivity index (χ2v) is 9.02. The van der Waals surface area contributed by atoms with Crippen LogP contribution in [0.4, 0.5) is 11.5 Å². The number of amides is 1. The monoisotopic (exact) mass is 478 g/mol. The van der Waals surface area contributed by atoms with Crippen LogP contribution in [0, 0.1) is 11.8 Å². The van der Waals surface area contributed by atoms with Gasteiger partial charge in [-0.05, 0) is 43.0 Å². The van der Waals surface area contributed by atoms with Gasteiger partial charge >= 0.3 is 0 Å². The molecule has 0 aliphatic carbocycles. The fraction of sp³-hybridized carbons (Fsp3) is 0.478. The van der Waals surface area contributed by atoms with Crippen LogP contribution in [-0.4, -0.2) is 57.0 Å². The maximum absolute atomic E-state index is 12.7. The van der Waals surface area contributed by atoms with Gasteiger partial charge in [0.1, 0.15) is 5.82 Å². The van der Waals surface area contributed by atoms with Gasteiger partial charge in [0, 0.05) is 68.0 Å². The van der Waals surface area contributed by atoms with E-state index in [4.69, 9.17) is 32.7 Å². The second kappa shape index (κ2) is 10.8. The highest BCUT2D eigenvalue weighted by Gasteiger charge is 2.33. The second-order valence-electron chi connectivity index (χ2n) is 8.21. The number of hydrogen-bond acceptors (Lipinski definition) is 6. The minimum absolute atomic E-state index is 0.138. The van der Waals surface area contributed by atoms with E-state index in [1.165, 1.54) is 6.20 Å². The molecule has 1 amide bonds. The van der Waals surface area contributed by atoms with E-state index >= 15 is 0 Å². The average Bonchev–Trinajstić information content (AvgIpc) is 3.30. The molecule has 2 aliphatic heterocycles. The van der Waals surface area contributed by atoms with E-state index in [0.29, 0.717) is 40.4 Å². The van der Waals surface area contributed by atoms with Crippen LogP contribution in [0.3, 0.4) is 0 Å². The molecule has 1 aromatic carbocycles. The summed E-state index contributed by atoms with van der Waals surface area (Å²) in [6.45, 7) is 3.74. The molecule has 2 fully saturated rings. The lowest BCUT2D eigenvalue weighted by Gasteiger charge is -2.23. The molecular weight excluding hydrogens is 451 g/mol. The number of nitrogens with zero attached hydrogens (tertiary/aromatic N) is 1. The lowest BCUT2D eigenvalue weighted by Crippen LogP contribution is -2.33.